The van der Waals surface area contributed by atoms with E-state index in [9.17, 15) is 4.79 Å². The molecule has 0 atom stereocenters. The molecule has 6 nitrogen and oxygen atoms in total. The molecule has 3 heterocycles. The van der Waals surface area contributed by atoms with Gasteiger partial charge in [0.05, 0.1) is 17.4 Å². The van der Waals surface area contributed by atoms with E-state index < -0.39 is 0 Å². The second kappa shape index (κ2) is 8.38. The maximum Gasteiger partial charge on any atom is 0.282 e. The van der Waals surface area contributed by atoms with Gasteiger partial charge < -0.3 is 4.90 Å². The van der Waals surface area contributed by atoms with Crippen LogP contribution in [-0.2, 0) is 6.54 Å². The number of aromatic nitrogens is 4. The van der Waals surface area contributed by atoms with Gasteiger partial charge >= 0.3 is 0 Å². The van der Waals surface area contributed by atoms with E-state index in [0.717, 1.165) is 48.5 Å². The maximum atomic E-state index is 12.8. The molecule has 6 heteroatoms. The molecule has 0 saturated carbocycles. The van der Waals surface area contributed by atoms with Crippen molar-refractivity contribution < 1.29 is 0 Å². The van der Waals surface area contributed by atoms with Gasteiger partial charge in [-0.2, -0.15) is 4.98 Å². The van der Waals surface area contributed by atoms with Gasteiger partial charge in [0.1, 0.15) is 0 Å². The topological polar surface area (TPSA) is 55.4 Å². The second-order valence-corrected chi connectivity index (χ2v) is 8.27. The fourth-order valence-corrected chi connectivity index (χ4v) is 4.34. The van der Waals surface area contributed by atoms with E-state index in [1.54, 1.807) is 0 Å². The normalized spacial score (nSPS) is 15.2. The minimum Gasteiger partial charge on any atom is -0.341 e. The van der Waals surface area contributed by atoms with Gasteiger partial charge in [-0.05, 0) is 37.5 Å². The Bertz CT molecular complexity index is 1290. The van der Waals surface area contributed by atoms with E-state index in [0.29, 0.717) is 17.7 Å². The fraction of sp³-hybridized carbons (Fsp3) is 0.320. The molecule has 0 radical (unpaired) electrons. The SMILES string of the molecule is Cc1ccc2c(c1)c(=O)nc1n(CC=Cc3ccccc3)nc(N3CCCCCC3)n21. The summed E-state index contributed by atoms with van der Waals surface area (Å²) in [5, 5.41) is 5.60. The summed E-state index contributed by atoms with van der Waals surface area (Å²) in [5.74, 6) is 1.48. The summed E-state index contributed by atoms with van der Waals surface area (Å²) >= 11 is 0. The Kier molecular flexibility index (Phi) is 5.28. The van der Waals surface area contributed by atoms with Crippen LogP contribution >= 0.6 is 0 Å². The van der Waals surface area contributed by atoms with E-state index in [4.69, 9.17) is 5.10 Å². The third kappa shape index (κ3) is 3.85. The molecule has 5 rings (SSSR count). The molecule has 1 aliphatic rings. The molecule has 2 aromatic heterocycles. The first-order valence-corrected chi connectivity index (χ1v) is 11.1. The number of hydrogen-bond donors (Lipinski definition) is 0. The Balaban J connectivity index is 1.65. The van der Waals surface area contributed by atoms with Crippen molar-refractivity contribution in [2.45, 2.75) is 39.2 Å². The van der Waals surface area contributed by atoms with Crippen molar-refractivity contribution in [3.8, 4) is 0 Å². The van der Waals surface area contributed by atoms with Crippen molar-refractivity contribution in [2.75, 3.05) is 18.0 Å². The van der Waals surface area contributed by atoms with E-state index >= 15 is 0 Å². The van der Waals surface area contributed by atoms with Crippen molar-refractivity contribution in [1.29, 1.82) is 0 Å². The molecule has 4 aromatic rings. The third-order valence-corrected chi connectivity index (χ3v) is 5.94. The first-order valence-electron chi connectivity index (χ1n) is 11.1. The van der Waals surface area contributed by atoms with Crippen molar-refractivity contribution in [3.05, 3.63) is 76.1 Å². The third-order valence-electron chi connectivity index (χ3n) is 5.94. The van der Waals surface area contributed by atoms with Crippen molar-refractivity contribution >= 4 is 28.7 Å². The molecular weight excluding hydrogens is 386 g/mol. The molecule has 0 aliphatic carbocycles. The number of benzene rings is 2. The molecule has 1 aliphatic heterocycles. The van der Waals surface area contributed by atoms with E-state index in [1.807, 2.05) is 48.0 Å². The van der Waals surface area contributed by atoms with Crippen LogP contribution in [0.2, 0.25) is 0 Å². The van der Waals surface area contributed by atoms with Crippen LogP contribution in [0, 0.1) is 6.92 Å². The van der Waals surface area contributed by atoms with Gasteiger partial charge in [0.2, 0.25) is 11.7 Å². The molecule has 158 valence electrons. The van der Waals surface area contributed by atoms with E-state index in [2.05, 4.69) is 38.6 Å². The number of rotatable bonds is 4. The van der Waals surface area contributed by atoms with Crippen LogP contribution in [0.1, 0.15) is 36.8 Å². The average Bonchev–Trinajstić information content (AvgIpc) is 2.95. The van der Waals surface area contributed by atoms with Gasteiger partial charge in [0, 0.05) is 13.1 Å². The summed E-state index contributed by atoms with van der Waals surface area (Å²) in [6, 6.07) is 16.2. The number of anilines is 1. The molecule has 1 saturated heterocycles. The van der Waals surface area contributed by atoms with Gasteiger partial charge in [-0.25, -0.2) is 9.08 Å². The minimum atomic E-state index is -0.200. The second-order valence-electron chi connectivity index (χ2n) is 8.27. The van der Waals surface area contributed by atoms with E-state index in [-0.39, 0.29) is 5.56 Å². The van der Waals surface area contributed by atoms with Crippen LogP contribution in [0.25, 0.3) is 22.8 Å². The molecule has 31 heavy (non-hydrogen) atoms. The highest BCUT2D eigenvalue weighted by molar-refractivity contribution is 5.82. The lowest BCUT2D eigenvalue weighted by atomic mass is 10.2. The number of fused-ring (bicyclic) bond motifs is 3. The van der Waals surface area contributed by atoms with Crippen molar-refractivity contribution in [1.82, 2.24) is 19.2 Å². The van der Waals surface area contributed by atoms with Crippen LogP contribution in [0.5, 0.6) is 0 Å². The van der Waals surface area contributed by atoms with Crippen LogP contribution in [0.15, 0.2) is 59.4 Å². The summed E-state index contributed by atoms with van der Waals surface area (Å²) in [5.41, 5.74) is 2.87. The zero-order chi connectivity index (χ0) is 21.2. The quantitative estimate of drug-likeness (QED) is 0.496. The highest BCUT2D eigenvalue weighted by atomic mass is 16.1. The molecule has 0 unspecified atom stereocenters. The summed E-state index contributed by atoms with van der Waals surface area (Å²) in [6.45, 7) is 4.51. The Morgan fingerprint density at radius 2 is 1.77 bits per heavy atom. The van der Waals surface area contributed by atoms with Gasteiger partial charge in [-0.15, -0.1) is 5.10 Å². The fourth-order valence-electron chi connectivity index (χ4n) is 4.34. The molecule has 0 N–H and O–H groups in total. The summed E-state index contributed by atoms with van der Waals surface area (Å²) in [7, 11) is 0. The molecule has 0 bridgehead atoms. The highest BCUT2D eigenvalue weighted by Gasteiger charge is 2.21. The first kappa shape index (κ1) is 19.5. The standard InChI is InChI=1S/C25H27N5O/c1-19-13-14-22-21(18-19)23(31)26-24-29(17-9-12-20-10-5-4-6-11-20)27-25(30(22)24)28-15-7-2-3-8-16-28/h4-6,9-14,18H,2-3,7-8,15-17H2,1H3. The predicted molar refractivity (Wildman–Crippen MR) is 126 cm³/mol. The number of nitrogens with zero attached hydrogens (tertiary/aromatic N) is 5. The lowest BCUT2D eigenvalue weighted by molar-refractivity contribution is 0.697. The van der Waals surface area contributed by atoms with Gasteiger partial charge in [-0.3, -0.25) is 4.79 Å². The number of allylic oxidation sites excluding steroid dienone is 1. The predicted octanol–water partition coefficient (Wildman–Crippen LogP) is 4.45. The summed E-state index contributed by atoms with van der Waals surface area (Å²) in [6.07, 6.45) is 8.97. The summed E-state index contributed by atoms with van der Waals surface area (Å²) < 4.78 is 3.91. The van der Waals surface area contributed by atoms with Crippen molar-refractivity contribution in [3.63, 3.8) is 0 Å². The van der Waals surface area contributed by atoms with Gasteiger partial charge in [0.15, 0.2) is 0 Å². The zero-order valence-corrected chi connectivity index (χ0v) is 17.9. The minimum absolute atomic E-state index is 0.200. The molecule has 0 amide bonds. The Morgan fingerprint density at radius 1 is 1.00 bits per heavy atom. The summed E-state index contributed by atoms with van der Waals surface area (Å²) in [4.78, 5) is 19.6. The average molecular weight is 414 g/mol. The smallest absolute Gasteiger partial charge is 0.282 e. The number of hydrogen-bond acceptors (Lipinski definition) is 4. The van der Waals surface area contributed by atoms with Crippen LogP contribution in [0.3, 0.4) is 0 Å². The zero-order valence-electron chi connectivity index (χ0n) is 17.9. The molecular formula is C25H27N5O. The van der Waals surface area contributed by atoms with Crippen LogP contribution in [-0.4, -0.2) is 32.3 Å². The van der Waals surface area contributed by atoms with Crippen LogP contribution in [0.4, 0.5) is 5.95 Å². The lowest BCUT2D eigenvalue weighted by Gasteiger charge is -2.20. The molecule has 1 fully saturated rings. The maximum absolute atomic E-state index is 12.8. The largest absolute Gasteiger partial charge is 0.341 e. The first-order chi connectivity index (χ1) is 15.2. The van der Waals surface area contributed by atoms with Crippen LogP contribution < -0.4 is 10.5 Å². The Morgan fingerprint density at radius 3 is 2.55 bits per heavy atom. The van der Waals surface area contributed by atoms with E-state index in [1.165, 1.54) is 12.8 Å². The lowest BCUT2D eigenvalue weighted by Crippen LogP contribution is -2.26. The Labute approximate surface area is 181 Å². The molecule has 0 spiro atoms. The Hall–Kier alpha value is -3.41. The van der Waals surface area contributed by atoms with Gasteiger partial charge in [-0.1, -0.05) is 67.0 Å². The highest BCUT2D eigenvalue weighted by Crippen LogP contribution is 2.23. The number of aryl methyl sites for hydroxylation is 1. The van der Waals surface area contributed by atoms with Crippen molar-refractivity contribution in [2.24, 2.45) is 0 Å². The monoisotopic (exact) mass is 413 g/mol. The van der Waals surface area contributed by atoms with Gasteiger partial charge in [0.25, 0.3) is 5.56 Å². The molecule has 2 aromatic carbocycles.